The number of carboxylic acids is 1. The van der Waals surface area contributed by atoms with Gasteiger partial charge in [0.05, 0.1) is 0 Å². The van der Waals surface area contributed by atoms with E-state index in [4.69, 9.17) is 0 Å². The summed E-state index contributed by atoms with van der Waals surface area (Å²) < 4.78 is 0. The molecule has 1 aliphatic heterocycles. The number of carbonyl (C=O) groups is 1. The fourth-order valence-electron chi connectivity index (χ4n) is 2.40. The molecule has 4 nitrogen and oxygen atoms in total. The maximum Gasteiger partial charge on any atom is 0.320 e. The summed E-state index contributed by atoms with van der Waals surface area (Å²) in [5, 5.41) is 12.5. The van der Waals surface area contributed by atoms with Crippen molar-refractivity contribution in [3.63, 3.8) is 0 Å². The van der Waals surface area contributed by atoms with E-state index in [0.717, 1.165) is 39.0 Å². The summed E-state index contributed by atoms with van der Waals surface area (Å²) >= 11 is 0. The highest BCUT2D eigenvalue weighted by Crippen LogP contribution is 2.12. The van der Waals surface area contributed by atoms with Crippen molar-refractivity contribution in [3.05, 3.63) is 0 Å². The van der Waals surface area contributed by atoms with Gasteiger partial charge in [-0.25, -0.2) is 0 Å². The third kappa shape index (κ3) is 5.50. The van der Waals surface area contributed by atoms with E-state index < -0.39 is 5.97 Å². The Morgan fingerprint density at radius 3 is 2.47 bits per heavy atom. The van der Waals surface area contributed by atoms with Gasteiger partial charge < -0.3 is 10.4 Å². The Hall–Kier alpha value is -0.610. The Kier molecular flexibility index (Phi) is 7.21. The molecule has 0 amide bonds. The Morgan fingerprint density at radius 1 is 1.24 bits per heavy atom. The highest BCUT2D eigenvalue weighted by Gasteiger charge is 2.25. The molecule has 0 radical (unpaired) electrons. The van der Waals surface area contributed by atoms with Crippen molar-refractivity contribution < 1.29 is 9.90 Å². The molecule has 4 heteroatoms. The molecule has 0 aliphatic carbocycles. The first-order valence-corrected chi connectivity index (χ1v) is 6.93. The maximum atomic E-state index is 11.3. The zero-order valence-electron chi connectivity index (χ0n) is 11.0. The zero-order chi connectivity index (χ0) is 12.5. The van der Waals surface area contributed by atoms with E-state index in [-0.39, 0.29) is 6.04 Å². The molecule has 0 spiro atoms. The Balaban J connectivity index is 2.25. The van der Waals surface area contributed by atoms with E-state index in [1.165, 1.54) is 25.7 Å². The number of hydrogen-bond acceptors (Lipinski definition) is 3. The molecular weight excluding hydrogens is 216 g/mol. The van der Waals surface area contributed by atoms with Gasteiger partial charge in [-0.15, -0.1) is 0 Å². The van der Waals surface area contributed by atoms with E-state index in [9.17, 15) is 9.90 Å². The van der Waals surface area contributed by atoms with Gasteiger partial charge in [0.1, 0.15) is 6.04 Å². The predicted octanol–water partition coefficient (Wildman–Crippen LogP) is 1.71. The summed E-state index contributed by atoms with van der Waals surface area (Å²) in [7, 11) is 0. The third-order valence-electron chi connectivity index (χ3n) is 3.46. The minimum absolute atomic E-state index is 0.265. The lowest BCUT2D eigenvalue weighted by molar-refractivity contribution is -0.143. The topological polar surface area (TPSA) is 52.6 Å². The second-order valence-electron chi connectivity index (χ2n) is 4.84. The average molecular weight is 242 g/mol. The molecular formula is C13H26N2O2. The van der Waals surface area contributed by atoms with Gasteiger partial charge in [-0.2, -0.15) is 0 Å². The third-order valence-corrected chi connectivity index (χ3v) is 3.46. The van der Waals surface area contributed by atoms with Gasteiger partial charge in [-0.05, 0) is 6.42 Å². The second kappa shape index (κ2) is 8.48. The van der Waals surface area contributed by atoms with Gasteiger partial charge in [0.15, 0.2) is 0 Å². The minimum atomic E-state index is -0.651. The van der Waals surface area contributed by atoms with Crippen LogP contribution >= 0.6 is 0 Å². The summed E-state index contributed by atoms with van der Waals surface area (Å²) in [6.07, 6.45) is 6.76. The first kappa shape index (κ1) is 14.5. The van der Waals surface area contributed by atoms with Crippen LogP contribution in [0.2, 0.25) is 0 Å². The van der Waals surface area contributed by atoms with E-state index in [0.29, 0.717) is 0 Å². The number of nitrogens with one attached hydrogen (secondary N) is 1. The molecule has 1 fully saturated rings. The maximum absolute atomic E-state index is 11.3. The van der Waals surface area contributed by atoms with Crippen LogP contribution in [0.5, 0.6) is 0 Å². The van der Waals surface area contributed by atoms with E-state index in [2.05, 4.69) is 17.1 Å². The number of piperazine rings is 1. The monoisotopic (exact) mass is 242 g/mol. The van der Waals surface area contributed by atoms with Crippen molar-refractivity contribution in [1.29, 1.82) is 0 Å². The molecule has 1 atom stereocenters. The predicted molar refractivity (Wildman–Crippen MR) is 69.2 cm³/mol. The van der Waals surface area contributed by atoms with Crippen LogP contribution < -0.4 is 5.32 Å². The smallest absolute Gasteiger partial charge is 0.320 e. The number of unbranched alkanes of at least 4 members (excludes halogenated alkanes) is 4. The fraction of sp³-hybridized carbons (Fsp3) is 0.923. The molecule has 1 unspecified atom stereocenters. The summed E-state index contributed by atoms with van der Waals surface area (Å²) in [5.41, 5.74) is 0. The van der Waals surface area contributed by atoms with Gasteiger partial charge in [0.25, 0.3) is 0 Å². The SMILES string of the molecule is CCCCCCCC(C(=O)O)N1CCNCC1. The molecule has 0 aromatic heterocycles. The lowest BCUT2D eigenvalue weighted by Crippen LogP contribution is -2.51. The molecule has 2 N–H and O–H groups in total. The first-order chi connectivity index (χ1) is 8.25. The van der Waals surface area contributed by atoms with Crippen LogP contribution in [0.25, 0.3) is 0 Å². The molecule has 1 heterocycles. The van der Waals surface area contributed by atoms with Gasteiger partial charge in [0.2, 0.25) is 0 Å². The molecule has 1 rings (SSSR count). The van der Waals surface area contributed by atoms with E-state index >= 15 is 0 Å². The Labute approximate surface area is 104 Å². The zero-order valence-corrected chi connectivity index (χ0v) is 11.0. The average Bonchev–Trinajstić information content (AvgIpc) is 2.34. The molecule has 0 saturated carbocycles. The number of aliphatic carboxylic acids is 1. The second-order valence-corrected chi connectivity index (χ2v) is 4.84. The van der Waals surface area contributed by atoms with Gasteiger partial charge in [0, 0.05) is 26.2 Å². The van der Waals surface area contributed by atoms with Crippen LogP contribution in [0.15, 0.2) is 0 Å². The minimum Gasteiger partial charge on any atom is -0.480 e. The molecule has 100 valence electrons. The number of carboxylic acid groups (broad SMARTS) is 1. The molecule has 17 heavy (non-hydrogen) atoms. The number of rotatable bonds is 8. The van der Waals surface area contributed by atoms with Crippen molar-refractivity contribution in [2.24, 2.45) is 0 Å². The van der Waals surface area contributed by atoms with E-state index in [1.54, 1.807) is 0 Å². The van der Waals surface area contributed by atoms with Gasteiger partial charge in [-0.1, -0.05) is 39.0 Å². The summed E-state index contributed by atoms with van der Waals surface area (Å²) in [4.78, 5) is 13.4. The molecule has 1 saturated heterocycles. The van der Waals surface area contributed by atoms with Crippen molar-refractivity contribution >= 4 is 5.97 Å². The number of hydrogen-bond donors (Lipinski definition) is 2. The van der Waals surface area contributed by atoms with Crippen molar-refractivity contribution in [1.82, 2.24) is 10.2 Å². The Morgan fingerprint density at radius 2 is 1.88 bits per heavy atom. The lowest BCUT2D eigenvalue weighted by Gasteiger charge is -2.32. The summed E-state index contributed by atoms with van der Waals surface area (Å²) in [5.74, 6) is -0.651. The Bertz CT molecular complexity index is 215. The molecule has 1 aliphatic rings. The van der Waals surface area contributed by atoms with Crippen molar-refractivity contribution in [3.8, 4) is 0 Å². The van der Waals surface area contributed by atoms with Crippen LogP contribution in [-0.2, 0) is 4.79 Å². The quantitative estimate of drug-likeness (QED) is 0.636. The molecule has 0 aromatic carbocycles. The van der Waals surface area contributed by atoms with Crippen LogP contribution in [-0.4, -0.2) is 48.2 Å². The first-order valence-electron chi connectivity index (χ1n) is 6.93. The standard InChI is InChI=1S/C13H26N2O2/c1-2-3-4-5-6-7-12(13(16)17)15-10-8-14-9-11-15/h12,14H,2-11H2,1H3,(H,16,17). The van der Waals surface area contributed by atoms with Crippen LogP contribution in [0.4, 0.5) is 0 Å². The van der Waals surface area contributed by atoms with Crippen molar-refractivity contribution in [2.75, 3.05) is 26.2 Å². The highest BCUT2D eigenvalue weighted by atomic mass is 16.4. The van der Waals surface area contributed by atoms with E-state index in [1.807, 2.05) is 0 Å². The van der Waals surface area contributed by atoms with Gasteiger partial charge in [-0.3, -0.25) is 9.69 Å². The normalized spacial score (nSPS) is 19.1. The van der Waals surface area contributed by atoms with Crippen LogP contribution in [0.1, 0.15) is 45.4 Å². The molecule has 0 bridgehead atoms. The molecule has 0 aromatic rings. The summed E-state index contributed by atoms with van der Waals surface area (Å²) in [6.45, 7) is 5.76. The van der Waals surface area contributed by atoms with Crippen LogP contribution in [0, 0.1) is 0 Å². The largest absolute Gasteiger partial charge is 0.480 e. The highest BCUT2D eigenvalue weighted by molar-refractivity contribution is 5.73. The number of nitrogens with zero attached hydrogens (tertiary/aromatic N) is 1. The van der Waals surface area contributed by atoms with Crippen molar-refractivity contribution in [2.45, 2.75) is 51.5 Å². The van der Waals surface area contributed by atoms with Crippen LogP contribution in [0.3, 0.4) is 0 Å². The summed E-state index contributed by atoms with van der Waals surface area (Å²) in [6, 6.07) is -0.265. The fourth-order valence-corrected chi connectivity index (χ4v) is 2.40. The lowest BCUT2D eigenvalue weighted by atomic mass is 10.0. The van der Waals surface area contributed by atoms with Gasteiger partial charge >= 0.3 is 5.97 Å².